The second-order valence-electron chi connectivity index (χ2n) is 9.20. The van der Waals surface area contributed by atoms with Gasteiger partial charge in [0.2, 0.25) is 0 Å². The molecule has 1 aromatic heterocycles. The number of aromatic nitrogens is 1. The van der Waals surface area contributed by atoms with Crippen molar-refractivity contribution in [3.8, 4) is 0 Å². The molecule has 0 radical (unpaired) electrons. The quantitative estimate of drug-likeness (QED) is 0.412. The smallest absolute Gasteiger partial charge is 0.388 e. The Hall–Kier alpha value is -3.33. The molecule has 0 bridgehead atoms. The number of pyridine rings is 1. The minimum absolute atomic E-state index is 0.00612. The normalized spacial score (nSPS) is 20.6. The highest BCUT2D eigenvalue weighted by molar-refractivity contribution is 5.95. The molecule has 6 nitrogen and oxygen atoms in total. The zero-order valence-corrected chi connectivity index (χ0v) is 20.0. The number of rotatable bonds is 6. The van der Waals surface area contributed by atoms with Crippen molar-refractivity contribution in [1.29, 1.82) is 0 Å². The lowest BCUT2D eigenvalue weighted by Gasteiger charge is -2.46. The molecule has 35 heavy (non-hydrogen) atoms. The molecular weight excluding hydrogens is 455 g/mol. The minimum atomic E-state index is -4.56. The SMILES string of the molecule is CNc1ccc2nc(C(F)(F)F)cc(NC3(N(C)C)CCC(NC(=O)c4ccccc4)CC3)c2c1. The molecule has 0 unspecified atom stereocenters. The molecular formula is C26H30F3N5O. The number of amides is 1. The van der Waals surface area contributed by atoms with E-state index in [1.54, 1.807) is 37.4 Å². The van der Waals surface area contributed by atoms with Gasteiger partial charge in [-0.2, -0.15) is 13.2 Å². The van der Waals surface area contributed by atoms with Crippen molar-refractivity contribution in [2.45, 2.75) is 43.6 Å². The molecule has 1 fully saturated rings. The predicted octanol–water partition coefficient (Wildman–Crippen LogP) is 5.34. The van der Waals surface area contributed by atoms with Crippen molar-refractivity contribution in [2.24, 2.45) is 0 Å². The third-order valence-corrected chi connectivity index (χ3v) is 6.80. The average Bonchev–Trinajstić information content (AvgIpc) is 2.84. The van der Waals surface area contributed by atoms with Gasteiger partial charge in [-0.1, -0.05) is 18.2 Å². The van der Waals surface area contributed by atoms with Gasteiger partial charge in [0, 0.05) is 35.4 Å². The minimum Gasteiger partial charge on any atom is -0.388 e. The summed E-state index contributed by atoms with van der Waals surface area (Å²) in [5.41, 5.74) is 0.564. The lowest BCUT2D eigenvalue weighted by molar-refractivity contribution is -0.140. The summed E-state index contributed by atoms with van der Waals surface area (Å²) in [4.78, 5) is 18.5. The van der Waals surface area contributed by atoms with Crippen LogP contribution >= 0.6 is 0 Å². The van der Waals surface area contributed by atoms with Crippen molar-refractivity contribution in [1.82, 2.24) is 15.2 Å². The van der Waals surface area contributed by atoms with E-state index in [0.717, 1.165) is 11.8 Å². The van der Waals surface area contributed by atoms with Crippen molar-refractivity contribution >= 4 is 28.2 Å². The fourth-order valence-corrected chi connectivity index (χ4v) is 4.66. The number of carbonyl (C=O) groups is 1. The van der Waals surface area contributed by atoms with Crippen LogP contribution in [0.2, 0.25) is 0 Å². The Morgan fingerprint density at radius 3 is 2.34 bits per heavy atom. The maximum absolute atomic E-state index is 13.6. The topological polar surface area (TPSA) is 69.3 Å². The first kappa shape index (κ1) is 24.8. The van der Waals surface area contributed by atoms with E-state index in [-0.39, 0.29) is 17.5 Å². The van der Waals surface area contributed by atoms with Crippen molar-refractivity contribution < 1.29 is 18.0 Å². The molecule has 1 aliphatic rings. The summed E-state index contributed by atoms with van der Waals surface area (Å²) >= 11 is 0. The van der Waals surface area contributed by atoms with Gasteiger partial charge < -0.3 is 16.0 Å². The second-order valence-corrected chi connectivity index (χ2v) is 9.20. The Bertz CT molecular complexity index is 1190. The van der Waals surface area contributed by atoms with Crippen LogP contribution in [0.25, 0.3) is 10.9 Å². The van der Waals surface area contributed by atoms with E-state index >= 15 is 0 Å². The molecule has 186 valence electrons. The van der Waals surface area contributed by atoms with Crippen molar-refractivity contribution in [3.05, 3.63) is 65.9 Å². The summed E-state index contributed by atoms with van der Waals surface area (Å²) in [6.45, 7) is 0. The molecule has 3 N–H and O–H groups in total. The molecule has 1 heterocycles. The largest absolute Gasteiger partial charge is 0.433 e. The number of alkyl halides is 3. The van der Waals surface area contributed by atoms with Gasteiger partial charge in [0.15, 0.2) is 0 Å². The number of hydrogen-bond acceptors (Lipinski definition) is 5. The molecule has 2 aromatic carbocycles. The summed E-state index contributed by atoms with van der Waals surface area (Å²) in [6, 6.07) is 15.3. The van der Waals surface area contributed by atoms with Gasteiger partial charge in [-0.05, 0) is 76.2 Å². The number of benzene rings is 2. The van der Waals surface area contributed by atoms with Gasteiger partial charge in [0.25, 0.3) is 5.91 Å². The van der Waals surface area contributed by atoms with Gasteiger partial charge in [-0.15, -0.1) is 0 Å². The summed E-state index contributed by atoms with van der Waals surface area (Å²) in [6.07, 6.45) is -1.87. The van der Waals surface area contributed by atoms with Gasteiger partial charge in [-0.3, -0.25) is 9.69 Å². The molecule has 3 aromatic rings. The summed E-state index contributed by atoms with van der Waals surface area (Å²) in [7, 11) is 5.60. The monoisotopic (exact) mass is 485 g/mol. The zero-order chi connectivity index (χ0) is 25.2. The number of nitrogens with one attached hydrogen (secondary N) is 3. The molecule has 0 saturated heterocycles. The van der Waals surface area contributed by atoms with Gasteiger partial charge in [-0.25, -0.2) is 4.98 Å². The van der Waals surface area contributed by atoms with Gasteiger partial charge in [0.1, 0.15) is 5.69 Å². The average molecular weight is 486 g/mol. The summed E-state index contributed by atoms with van der Waals surface area (Å²) in [5, 5.41) is 10.2. The Labute approximate surface area is 202 Å². The molecule has 1 aliphatic carbocycles. The van der Waals surface area contributed by atoms with E-state index in [0.29, 0.717) is 42.3 Å². The molecule has 0 atom stereocenters. The first-order valence-corrected chi connectivity index (χ1v) is 11.6. The number of fused-ring (bicyclic) bond motifs is 1. The van der Waals surface area contributed by atoms with Crippen LogP contribution in [0.5, 0.6) is 0 Å². The van der Waals surface area contributed by atoms with Crippen LogP contribution in [0.4, 0.5) is 24.5 Å². The highest BCUT2D eigenvalue weighted by Gasteiger charge is 2.39. The van der Waals surface area contributed by atoms with E-state index in [1.165, 1.54) is 0 Å². The number of carbonyl (C=O) groups excluding carboxylic acids is 1. The van der Waals surface area contributed by atoms with Gasteiger partial charge in [0.05, 0.1) is 11.2 Å². The van der Waals surface area contributed by atoms with E-state index in [9.17, 15) is 18.0 Å². The Morgan fingerprint density at radius 1 is 1.06 bits per heavy atom. The zero-order valence-electron chi connectivity index (χ0n) is 20.0. The van der Waals surface area contributed by atoms with Crippen LogP contribution < -0.4 is 16.0 Å². The number of anilines is 2. The molecule has 9 heteroatoms. The van der Waals surface area contributed by atoms with E-state index in [2.05, 4.69) is 20.9 Å². The number of halogens is 3. The van der Waals surface area contributed by atoms with Crippen LogP contribution in [-0.4, -0.2) is 48.6 Å². The first-order valence-electron chi connectivity index (χ1n) is 11.6. The standard InChI is InChI=1S/C26H30F3N5O/c1-30-19-9-10-21-20(15-19)22(16-23(32-21)26(27,28)29)33-25(34(2)3)13-11-18(12-14-25)31-24(35)17-7-5-4-6-8-17/h4-10,15-16,18,30H,11-14H2,1-3H3,(H,31,35)(H,32,33). The van der Waals surface area contributed by atoms with Crippen LogP contribution in [0.1, 0.15) is 41.7 Å². The Kier molecular flexibility index (Phi) is 6.89. The summed E-state index contributed by atoms with van der Waals surface area (Å²) in [5.74, 6) is -0.115. The molecule has 4 rings (SSSR count). The number of hydrogen-bond donors (Lipinski definition) is 3. The lowest BCUT2D eigenvalue weighted by Crippen LogP contribution is -2.55. The van der Waals surface area contributed by atoms with Gasteiger partial charge >= 0.3 is 6.18 Å². The fraction of sp³-hybridized carbons (Fsp3) is 0.385. The second kappa shape index (κ2) is 9.73. The summed E-state index contributed by atoms with van der Waals surface area (Å²) < 4.78 is 40.9. The molecule has 1 amide bonds. The van der Waals surface area contributed by atoms with Crippen LogP contribution in [0.3, 0.4) is 0 Å². The third-order valence-electron chi connectivity index (χ3n) is 6.80. The van der Waals surface area contributed by atoms with E-state index in [4.69, 9.17) is 0 Å². The van der Waals surface area contributed by atoms with Crippen molar-refractivity contribution in [3.63, 3.8) is 0 Å². The Balaban J connectivity index is 1.60. The maximum Gasteiger partial charge on any atom is 0.433 e. The maximum atomic E-state index is 13.6. The van der Waals surface area contributed by atoms with Crippen LogP contribution in [-0.2, 0) is 6.18 Å². The Morgan fingerprint density at radius 2 is 1.74 bits per heavy atom. The molecule has 1 saturated carbocycles. The predicted molar refractivity (Wildman–Crippen MR) is 132 cm³/mol. The van der Waals surface area contributed by atoms with Crippen molar-refractivity contribution in [2.75, 3.05) is 31.8 Å². The van der Waals surface area contributed by atoms with Crippen LogP contribution in [0.15, 0.2) is 54.6 Å². The van der Waals surface area contributed by atoms with E-state index < -0.39 is 17.5 Å². The van der Waals surface area contributed by atoms with E-state index in [1.807, 2.05) is 37.2 Å². The molecule has 0 spiro atoms. The third kappa shape index (κ3) is 5.35. The highest BCUT2D eigenvalue weighted by Crippen LogP contribution is 2.39. The number of nitrogens with zero attached hydrogens (tertiary/aromatic N) is 2. The first-order chi connectivity index (χ1) is 16.6. The molecule has 0 aliphatic heterocycles. The fourth-order valence-electron chi connectivity index (χ4n) is 4.66. The highest BCUT2D eigenvalue weighted by atomic mass is 19.4. The lowest BCUT2D eigenvalue weighted by atomic mass is 9.84. The van der Waals surface area contributed by atoms with Crippen LogP contribution in [0, 0.1) is 0 Å².